The zero-order valence-corrected chi connectivity index (χ0v) is 12.5. The van der Waals surface area contributed by atoms with Gasteiger partial charge in [0.1, 0.15) is 5.52 Å². The van der Waals surface area contributed by atoms with Crippen molar-refractivity contribution >= 4 is 28.0 Å². The fourth-order valence-corrected chi connectivity index (χ4v) is 2.38. The minimum atomic E-state index is -0.590. The number of benzene rings is 2. The molecular weight excluding hydrogens is 278 g/mol. The standard InChI is InChI=1S/C17H17N3O2/c1-10-5-3-7-13-15(10)20-16-12(6-4-8-14(16)19-13)17(22)18-9-11(2)21/h3-8,11,21H,9H2,1-2H3,(H,18,22). The molecule has 3 rings (SSSR count). The van der Waals surface area contributed by atoms with Gasteiger partial charge >= 0.3 is 0 Å². The highest BCUT2D eigenvalue weighted by Gasteiger charge is 2.13. The number of hydrogen-bond acceptors (Lipinski definition) is 4. The van der Waals surface area contributed by atoms with Crippen molar-refractivity contribution in [3.8, 4) is 0 Å². The molecule has 0 bridgehead atoms. The number of fused-ring (bicyclic) bond motifs is 2. The summed E-state index contributed by atoms with van der Waals surface area (Å²) < 4.78 is 0. The second-order valence-corrected chi connectivity index (χ2v) is 5.40. The Bertz CT molecular complexity index is 859. The van der Waals surface area contributed by atoms with Crippen molar-refractivity contribution in [1.29, 1.82) is 0 Å². The van der Waals surface area contributed by atoms with E-state index in [1.807, 2.05) is 31.2 Å². The fourth-order valence-electron chi connectivity index (χ4n) is 2.38. The van der Waals surface area contributed by atoms with E-state index in [9.17, 15) is 9.90 Å². The van der Waals surface area contributed by atoms with Crippen LogP contribution in [0.1, 0.15) is 22.8 Å². The molecule has 0 saturated carbocycles. The van der Waals surface area contributed by atoms with Crippen molar-refractivity contribution in [2.75, 3.05) is 6.54 Å². The first-order chi connectivity index (χ1) is 10.6. The molecule has 0 fully saturated rings. The Balaban J connectivity index is 2.15. The number of aryl methyl sites for hydroxylation is 1. The first kappa shape index (κ1) is 14.4. The largest absolute Gasteiger partial charge is 0.392 e. The van der Waals surface area contributed by atoms with Gasteiger partial charge in [0.05, 0.1) is 28.2 Å². The molecule has 2 aromatic carbocycles. The molecule has 1 atom stereocenters. The summed E-state index contributed by atoms with van der Waals surface area (Å²) in [7, 11) is 0. The van der Waals surface area contributed by atoms with E-state index < -0.39 is 6.10 Å². The number of carbonyl (C=O) groups is 1. The number of nitrogens with one attached hydrogen (secondary N) is 1. The van der Waals surface area contributed by atoms with Gasteiger partial charge in [0.2, 0.25) is 0 Å². The van der Waals surface area contributed by atoms with E-state index in [-0.39, 0.29) is 12.5 Å². The van der Waals surface area contributed by atoms with Crippen LogP contribution in [0.3, 0.4) is 0 Å². The Morgan fingerprint density at radius 1 is 1.14 bits per heavy atom. The highest BCUT2D eigenvalue weighted by Crippen LogP contribution is 2.21. The molecule has 3 aromatic rings. The summed E-state index contributed by atoms with van der Waals surface area (Å²) in [5, 5.41) is 12.0. The van der Waals surface area contributed by atoms with Crippen molar-refractivity contribution in [1.82, 2.24) is 15.3 Å². The number of nitrogens with zero attached hydrogens (tertiary/aromatic N) is 2. The predicted octanol–water partition coefficient (Wildman–Crippen LogP) is 2.20. The van der Waals surface area contributed by atoms with Crippen LogP contribution in [0.4, 0.5) is 0 Å². The van der Waals surface area contributed by atoms with Crippen molar-refractivity contribution in [3.05, 3.63) is 47.5 Å². The summed E-state index contributed by atoms with van der Waals surface area (Å²) in [5.74, 6) is -0.256. The first-order valence-corrected chi connectivity index (χ1v) is 7.18. The van der Waals surface area contributed by atoms with E-state index in [0.29, 0.717) is 16.6 Å². The molecular formula is C17H17N3O2. The van der Waals surface area contributed by atoms with E-state index in [1.54, 1.807) is 19.1 Å². The second-order valence-electron chi connectivity index (χ2n) is 5.40. The predicted molar refractivity (Wildman–Crippen MR) is 85.8 cm³/mol. The number of aromatic nitrogens is 2. The smallest absolute Gasteiger partial charge is 0.253 e. The minimum absolute atomic E-state index is 0.204. The molecule has 0 radical (unpaired) electrons. The molecule has 0 saturated heterocycles. The van der Waals surface area contributed by atoms with Crippen LogP contribution in [0.5, 0.6) is 0 Å². The summed E-state index contributed by atoms with van der Waals surface area (Å²) in [4.78, 5) is 21.5. The Morgan fingerprint density at radius 2 is 1.82 bits per heavy atom. The van der Waals surface area contributed by atoms with Crippen LogP contribution < -0.4 is 5.32 Å². The molecule has 0 aliphatic rings. The molecule has 0 spiro atoms. The van der Waals surface area contributed by atoms with Gasteiger partial charge in [-0.2, -0.15) is 0 Å². The lowest BCUT2D eigenvalue weighted by atomic mass is 10.1. The van der Waals surface area contributed by atoms with Crippen LogP contribution in [0.2, 0.25) is 0 Å². The normalized spacial score (nSPS) is 12.5. The minimum Gasteiger partial charge on any atom is -0.392 e. The average Bonchev–Trinajstić information content (AvgIpc) is 2.50. The van der Waals surface area contributed by atoms with Crippen molar-refractivity contribution in [2.24, 2.45) is 0 Å². The molecule has 0 aliphatic heterocycles. The molecule has 5 nitrogen and oxygen atoms in total. The van der Waals surface area contributed by atoms with Crippen LogP contribution in [0.15, 0.2) is 36.4 Å². The highest BCUT2D eigenvalue weighted by atomic mass is 16.3. The second kappa shape index (κ2) is 5.69. The number of aliphatic hydroxyl groups excluding tert-OH is 1. The third-order valence-electron chi connectivity index (χ3n) is 3.50. The van der Waals surface area contributed by atoms with Gasteiger partial charge in [-0.05, 0) is 37.6 Å². The zero-order valence-electron chi connectivity index (χ0n) is 12.5. The maximum Gasteiger partial charge on any atom is 0.253 e. The molecule has 1 heterocycles. The fraction of sp³-hybridized carbons (Fsp3) is 0.235. The van der Waals surface area contributed by atoms with Crippen LogP contribution in [-0.4, -0.2) is 33.6 Å². The third-order valence-corrected chi connectivity index (χ3v) is 3.50. The summed E-state index contributed by atoms with van der Waals surface area (Å²) in [6.45, 7) is 3.80. The van der Waals surface area contributed by atoms with Crippen molar-refractivity contribution < 1.29 is 9.90 Å². The third kappa shape index (κ3) is 2.63. The highest BCUT2D eigenvalue weighted by molar-refractivity contribution is 6.06. The molecule has 1 aromatic heterocycles. The summed E-state index contributed by atoms with van der Waals surface area (Å²) in [5.41, 5.74) is 4.36. The van der Waals surface area contributed by atoms with E-state index in [1.165, 1.54) is 0 Å². The number of aliphatic hydroxyl groups is 1. The molecule has 0 aliphatic carbocycles. The van der Waals surface area contributed by atoms with Gasteiger partial charge in [0.25, 0.3) is 5.91 Å². The number of para-hydroxylation sites is 2. The Kier molecular flexibility index (Phi) is 3.73. The van der Waals surface area contributed by atoms with Gasteiger partial charge in [-0.15, -0.1) is 0 Å². The maximum atomic E-state index is 12.3. The lowest BCUT2D eigenvalue weighted by Gasteiger charge is -2.10. The molecule has 2 N–H and O–H groups in total. The van der Waals surface area contributed by atoms with E-state index in [2.05, 4.69) is 15.3 Å². The molecule has 1 unspecified atom stereocenters. The Hall–Kier alpha value is -2.53. The van der Waals surface area contributed by atoms with Crippen LogP contribution in [-0.2, 0) is 0 Å². The molecule has 22 heavy (non-hydrogen) atoms. The Labute approximate surface area is 128 Å². The van der Waals surface area contributed by atoms with Gasteiger partial charge in [-0.1, -0.05) is 18.2 Å². The maximum absolute atomic E-state index is 12.3. The lowest BCUT2D eigenvalue weighted by Crippen LogP contribution is -2.30. The average molecular weight is 295 g/mol. The van der Waals surface area contributed by atoms with Crippen molar-refractivity contribution in [3.63, 3.8) is 0 Å². The van der Waals surface area contributed by atoms with E-state index in [0.717, 1.165) is 16.6 Å². The van der Waals surface area contributed by atoms with Crippen LogP contribution in [0.25, 0.3) is 22.1 Å². The van der Waals surface area contributed by atoms with Crippen LogP contribution >= 0.6 is 0 Å². The first-order valence-electron chi connectivity index (χ1n) is 7.18. The van der Waals surface area contributed by atoms with Crippen molar-refractivity contribution in [2.45, 2.75) is 20.0 Å². The number of rotatable bonds is 3. The topological polar surface area (TPSA) is 75.1 Å². The van der Waals surface area contributed by atoms with Gasteiger partial charge in [0, 0.05) is 6.54 Å². The molecule has 1 amide bonds. The lowest BCUT2D eigenvalue weighted by molar-refractivity contribution is 0.0925. The number of carbonyl (C=O) groups excluding carboxylic acids is 1. The van der Waals surface area contributed by atoms with Crippen LogP contribution in [0, 0.1) is 6.92 Å². The molecule has 5 heteroatoms. The zero-order chi connectivity index (χ0) is 15.7. The number of amides is 1. The van der Waals surface area contributed by atoms with E-state index in [4.69, 9.17) is 0 Å². The monoisotopic (exact) mass is 295 g/mol. The van der Waals surface area contributed by atoms with Gasteiger partial charge in [-0.25, -0.2) is 9.97 Å². The SMILES string of the molecule is Cc1cccc2nc3cccc(C(=O)NCC(C)O)c3nc12. The Morgan fingerprint density at radius 3 is 2.55 bits per heavy atom. The molecule has 112 valence electrons. The summed E-state index contributed by atoms with van der Waals surface area (Å²) in [6, 6.07) is 11.2. The van der Waals surface area contributed by atoms with Gasteiger partial charge in [-0.3, -0.25) is 4.79 Å². The number of hydrogen-bond donors (Lipinski definition) is 2. The van der Waals surface area contributed by atoms with Gasteiger partial charge < -0.3 is 10.4 Å². The quantitative estimate of drug-likeness (QED) is 0.726. The summed E-state index contributed by atoms with van der Waals surface area (Å²) >= 11 is 0. The van der Waals surface area contributed by atoms with Gasteiger partial charge in [0.15, 0.2) is 0 Å². The van der Waals surface area contributed by atoms with E-state index >= 15 is 0 Å². The summed E-state index contributed by atoms with van der Waals surface area (Å²) in [6.07, 6.45) is -0.590.